The Morgan fingerprint density at radius 1 is 1.15 bits per heavy atom. The van der Waals surface area contributed by atoms with E-state index in [1.165, 1.54) is 4.90 Å². The summed E-state index contributed by atoms with van der Waals surface area (Å²) in [6, 6.07) is 4.30. The van der Waals surface area contributed by atoms with Crippen molar-refractivity contribution in [2.45, 2.75) is 58.1 Å². The van der Waals surface area contributed by atoms with Crippen molar-refractivity contribution in [3.63, 3.8) is 0 Å². The summed E-state index contributed by atoms with van der Waals surface area (Å²) in [6.07, 6.45) is 1.55. The van der Waals surface area contributed by atoms with Gasteiger partial charge in [0.1, 0.15) is 11.4 Å². The van der Waals surface area contributed by atoms with E-state index in [-0.39, 0.29) is 13.2 Å². The Bertz CT molecular complexity index is 935. The van der Waals surface area contributed by atoms with E-state index in [0.717, 1.165) is 5.56 Å². The van der Waals surface area contributed by atoms with Gasteiger partial charge in [-0.1, -0.05) is 0 Å². The highest BCUT2D eigenvalue weighted by molar-refractivity contribution is 6.04. The lowest BCUT2D eigenvalue weighted by molar-refractivity contribution is -0.163. The minimum absolute atomic E-state index is 0.0791. The third-order valence-corrected chi connectivity index (χ3v) is 5.73. The minimum Gasteiger partial charge on any atom is -0.497 e. The molecule has 9 nitrogen and oxygen atoms in total. The first-order chi connectivity index (χ1) is 15.6. The monoisotopic (exact) mass is 460 g/mol. The van der Waals surface area contributed by atoms with Gasteiger partial charge in [0.2, 0.25) is 0 Å². The van der Waals surface area contributed by atoms with Crippen molar-refractivity contribution >= 4 is 29.9 Å². The average molecular weight is 461 g/mol. The van der Waals surface area contributed by atoms with Gasteiger partial charge in [0.15, 0.2) is 5.92 Å². The number of anilines is 1. The molecule has 1 aromatic carbocycles. The molecule has 1 spiro atoms. The van der Waals surface area contributed by atoms with Gasteiger partial charge in [0, 0.05) is 12.8 Å². The number of ether oxygens (including phenoxy) is 4. The normalized spacial score (nSPS) is 21.3. The Morgan fingerprint density at radius 2 is 1.79 bits per heavy atom. The number of hydrogen-bond donors (Lipinski definition) is 0. The molecule has 9 heteroatoms. The molecule has 0 aliphatic carbocycles. The van der Waals surface area contributed by atoms with Crippen molar-refractivity contribution in [2.24, 2.45) is 10.9 Å². The van der Waals surface area contributed by atoms with Gasteiger partial charge in [0.05, 0.1) is 37.5 Å². The first-order valence-corrected chi connectivity index (χ1v) is 11.1. The van der Waals surface area contributed by atoms with Gasteiger partial charge in [-0.05, 0) is 64.8 Å². The third kappa shape index (κ3) is 4.54. The summed E-state index contributed by atoms with van der Waals surface area (Å²) < 4.78 is 21.7. The first-order valence-electron chi connectivity index (χ1n) is 11.1. The quantitative estimate of drug-likeness (QED) is 0.365. The van der Waals surface area contributed by atoms with Crippen molar-refractivity contribution in [2.75, 3.05) is 31.8 Å². The second-order valence-electron chi connectivity index (χ2n) is 8.99. The third-order valence-electron chi connectivity index (χ3n) is 5.73. The van der Waals surface area contributed by atoms with Crippen LogP contribution in [0.1, 0.15) is 46.6 Å². The summed E-state index contributed by atoms with van der Waals surface area (Å²) in [7, 11) is 1.55. The smallest absolute Gasteiger partial charge is 0.415 e. The van der Waals surface area contributed by atoms with Crippen LogP contribution < -0.4 is 9.64 Å². The van der Waals surface area contributed by atoms with Gasteiger partial charge in [-0.25, -0.2) is 4.79 Å². The number of esters is 2. The van der Waals surface area contributed by atoms with Crippen LogP contribution in [0.25, 0.3) is 0 Å². The highest BCUT2D eigenvalue weighted by Gasteiger charge is 2.61. The summed E-state index contributed by atoms with van der Waals surface area (Å²) in [6.45, 7) is 9.22. The van der Waals surface area contributed by atoms with Crippen LogP contribution in [0.2, 0.25) is 0 Å². The highest BCUT2D eigenvalue weighted by Crippen LogP contribution is 2.52. The zero-order valence-corrected chi connectivity index (χ0v) is 20.0. The molecule has 180 valence electrons. The Hall–Kier alpha value is -3.10. The molecule has 0 aromatic heterocycles. The molecule has 1 amide bonds. The lowest BCUT2D eigenvalue weighted by Crippen LogP contribution is -2.57. The second kappa shape index (κ2) is 9.41. The van der Waals surface area contributed by atoms with Gasteiger partial charge in [-0.2, -0.15) is 0 Å². The first kappa shape index (κ1) is 24.5. The van der Waals surface area contributed by atoms with Crippen molar-refractivity contribution < 1.29 is 33.3 Å². The van der Waals surface area contributed by atoms with Crippen LogP contribution in [0.3, 0.4) is 0 Å². The predicted octanol–water partition coefficient (Wildman–Crippen LogP) is 3.27. The topological polar surface area (TPSA) is 104 Å². The number of nitrogens with zero attached hydrogens (tertiary/aromatic N) is 2. The number of fused-ring (bicyclic) bond motifs is 2. The molecule has 3 rings (SSSR count). The van der Waals surface area contributed by atoms with Crippen molar-refractivity contribution in [1.29, 1.82) is 0 Å². The van der Waals surface area contributed by atoms with E-state index in [9.17, 15) is 14.4 Å². The Labute approximate surface area is 194 Å². The lowest BCUT2D eigenvalue weighted by Gasteiger charge is -2.37. The fraction of sp³-hybridized carbons (Fsp3) is 0.583. The predicted molar refractivity (Wildman–Crippen MR) is 122 cm³/mol. The molecule has 0 radical (unpaired) electrons. The molecule has 0 unspecified atom stereocenters. The maximum absolute atomic E-state index is 13.5. The standard InChI is InChI=1S/C24H32N2O7/c1-7-31-20(27)18(21(28)32-8-2)19-24(11-12-25-14-24)16-13-15(30-6)9-10-17(16)26(19)22(29)33-23(3,4)5/h9-10,13-14,18-19H,7-8,11-12H2,1-6H3/t19-,24-/m0/s1. The van der Waals surface area contributed by atoms with E-state index in [1.54, 1.807) is 60.1 Å². The van der Waals surface area contributed by atoms with Gasteiger partial charge < -0.3 is 18.9 Å². The van der Waals surface area contributed by atoms with Crippen LogP contribution in [0.15, 0.2) is 23.2 Å². The maximum atomic E-state index is 13.5. The molecule has 33 heavy (non-hydrogen) atoms. The van der Waals surface area contributed by atoms with Gasteiger partial charge in [-0.15, -0.1) is 0 Å². The highest BCUT2D eigenvalue weighted by atomic mass is 16.6. The van der Waals surface area contributed by atoms with E-state index in [1.807, 2.05) is 6.07 Å². The van der Waals surface area contributed by atoms with E-state index in [4.69, 9.17) is 18.9 Å². The second-order valence-corrected chi connectivity index (χ2v) is 8.99. The van der Waals surface area contributed by atoms with Crippen LogP contribution in [-0.2, 0) is 29.2 Å². The molecule has 0 N–H and O–H groups in total. The van der Waals surface area contributed by atoms with Crippen LogP contribution in [0.4, 0.5) is 10.5 Å². The summed E-state index contributed by atoms with van der Waals surface area (Å²) in [5, 5.41) is 0. The van der Waals surface area contributed by atoms with E-state index >= 15 is 0 Å². The molecular formula is C24H32N2O7. The molecule has 0 fully saturated rings. The maximum Gasteiger partial charge on any atom is 0.415 e. The largest absolute Gasteiger partial charge is 0.497 e. The number of aliphatic imine (C=N–C) groups is 1. The van der Waals surface area contributed by atoms with E-state index < -0.39 is 41.0 Å². The Morgan fingerprint density at radius 3 is 2.27 bits per heavy atom. The molecule has 2 aliphatic heterocycles. The van der Waals surface area contributed by atoms with Crippen LogP contribution in [0, 0.1) is 5.92 Å². The fourth-order valence-corrected chi connectivity index (χ4v) is 4.52. The van der Waals surface area contributed by atoms with E-state index in [0.29, 0.717) is 24.4 Å². The fourth-order valence-electron chi connectivity index (χ4n) is 4.52. The number of carbonyl (C=O) groups is 3. The Kier molecular flexibility index (Phi) is 7.00. The molecule has 0 saturated carbocycles. The molecule has 1 aromatic rings. The minimum atomic E-state index is -1.39. The SMILES string of the molecule is CCOC(=O)C(C(=O)OCC)[C@@H]1N(C(=O)OC(C)(C)C)c2ccc(OC)cc2[C@]12C=NCC2. The zero-order valence-electron chi connectivity index (χ0n) is 20.0. The molecule has 2 heterocycles. The summed E-state index contributed by atoms with van der Waals surface area (Å²) >= 11 is 0. The molecule has 2 atom stereocenters. The number of benzene rings is 1. The number of amides is 1. The van der Waals surface area contributed by atoms with Crippen molar-refractivity contribution in [3.8, 4) is 5.75 Å². The summed E-state index contributed by atoms with van der Waals surface area (Å²) in [5.74, 6) is -2.31. The molecule has 0 saturated heterocycles. The van der Waals surface area contributed by atoms with Crippen LogP contribution in [-0.4, -0.2) is 62.8 Å². The average Bonchev–Trinajstić information content (AvgIpc) is 3.32. The van der Waals surface area contributed by atoms with Gasteiger partial charge in [-0.3, -0.25) is 19.5 Å². The molecular weight excluding hydrogens is 428 g/mol. The van der Waals surface area contributed by atoms with Gasteiger partial charge in [0.25, 0.3) is 0 Å². The number of hydrogen-bond acceptors (Lipinski definition) is 8. The number of methoxy groups -OCH3 is 1. The van der Waals surface area contributed by atoms with Crippen molar-refractivity contribution in [1.82, 2.24) is 0 Å². The Balaban J connectivity index is 2.25. The van der Waals surface area contributed by atoms with Crippen molar-refractivity contribution in [3.05, 3.63) is 23.8 Å². The lowest BCUT2D eigenvalue weighted by atomic mass is 9.71. The van der Waals surface area contributed by atoms with Crippen LogP contribution >= 0.6 is 0 Å². The molecule has 0 bridgehead atoms. The molecule has 2 aliphatic rings. The number of rotatable bonds is 6. The summed E-state index contributed by atoms with van der Waals surface area (Å²) in [5.41, 5.74) is -0.443. The van der Waals surface area contributed by atoms with E-state index in [2.05, 4.69) is 4.99 Å². The number of carbonyl (C=O) groups excluding carboxylic acids is 3. The zero-order chi connectivity index (χ0) is 24.4. The van der Waals surface area contributed by atoms with Gasteiger partial charge >= 0.3 is 18.0 Å². The summed E-state index contributed by atoms with van der Waals surface area (Å²) in [4.78, 5) is 45.6. The van der Waals surface area contributed by atoms with Crippen LogP contribution in [0.5, 0.6) is 5.75 Å².